The second-order valence-electron chi connectivity index (χ2n) is 5.55. The van der Waals surface area contributed by atoms with E-state index < -0.39 is 0 Å². The number of fused-ring (bicyclic) bond motifs is 1. The van der Waals surface area contributed by atoms with Crippen molar-refractivity contribution < 1.29 is 9.59 Å². The number of hydrogen-bond acceptors (Lipinski definition) is 2. The number of aryl methyl sites for hydroxylation is 3. The minimum Gasteiger partial charge on any atom is -0.288 e. The highest BCUT2D eigenvalue weighted by Crippen LogP contribution is 2.28. The van der Waals surface area contributed by atoms with Crippen LogP contribution in [0.1, 0.15) is 43.0 Å². The molecule has 0 unspecified atom stereocenters. The van der Waals surface area contributed by atoms with Crippen LogP contribution in [-0.2, 0) is 0 Å². The zero-order chi connectivity index (χ0) is 15.1. The molecule has 0 saturated heterocycles. The van der Waals surface area contributed by atoms with E-state index in [2.05, 4.69) is 13.0 Å². The molecule has 0 fully saturated rings. The van der Waals surface area contributed by atoms with E-state index in [1.54, 1.807) is 30.3 Å². The zero-order valence-electron chi connectivity index (χ0n) is 12.4. The van der Waals surface area contributed by atoms with Crippen LogP contribution in [-0.4, -0.2) is 11.6 Å². The molecule has 0 atom stereocenters. The number of benzene rings is 2. The molecule has 0 saturated carbocycles. The van der Waals surface area contributed by atoms with Gasteiger partial charge < -0.3 is 0 Å². The molecule has 0 amide bonds. The van der Waals surface area contributed by atoms with Crippen molar-refractivity contribution in [2.24, 2.45) is 0 Å². The lowest BCUT2D eigenvalue weighted by Gasteiger charge is -2.06. The first-order chi connectivity index (χ1) is 9.99. The van der Waals surface area contributed by atoms with Crippen molar-refractivity contribution in [2.75, 3.05) is 0 Å². The van der Waals surface area contributed by atoms with Crippen LogP contribution >= 0.6 is 0 Å². The molecule has 0 spiro atoms. The summed E-state index contributed by atoms with van der Waals surface area (Å²) in [7, 11) is 0. The third-order valence-electron chi connectivity index (χ3n) is 4.09. The van der Waals surface area contributed by atoms with Crippen LogP contribution in [0.4, 0.5) is 0 Å². The average Bonchev–Trinajstić information content (AvgIpc) is 2.70. The first-order valence-electron chi connectivity index (χ1n) is 6.97. The molecule has 2 nitrogen and oxygen atoms in total. The summed E-state index contributed by atoms with van der Waals surface area (Å²) in [6.07, 6.45) is 1.73. The van der Waals surface area contributed by atoms with Gasteiger partial charge in [0.1, 0.15) is 0 Å². The molecule has 1 aliphatic rings. The van der Waals surface area contributed by atoms with Crippen molar-refractivity contribution in [1.82, 2.24) is 0 Å². The molecule has 0 heterocycles. The van der Waals surface area contributed by atoms with Crippen LogP contribution in [0.2, 0.25) is 0 Å². The molecule has 0 aliphatic heterocycles. The Morgan fingerprint density at radius 3 is 1.86 bits per heavy atom. The predicted molar refractivity (Wildman–Crippen MR) is 83.7 cm³/mol. The number of rotatable bonds is 1. The van der Waals surface area contributed by atoms with Gasteiger partial charge in [-0.1, -0.05) is 36.4 Å². The summed E-state index contributed by atoms with van der Waals surface area (Å²) in [5, 5.41) is 0. The summed E-state index contributed by atoms with van der Waals surface area (Å²) in [4.78, 5) is 24.8. The largest absolute Gasteiger partial charge is 0.288 e. The van der Waals surface area contributed by atoms with Crippen LogP contribution < -0.4 is 0 Å². The van der Waals surface area contributed by atoms with Crippen LogP contribution in [0.15, 0.2) is 42.0 Å². The molecular formula is C19H16O2. The lowest BCUT2D eigenvalue weighted by atomic mass is 9.98. The van der Waals surface area contributed by atoms with Gasteiger partial charge in [-0.3, -0.25) is 9.59 Å². The highest BCUT2D eigenvalue weighted by Gasteiger charge is 2.32. The van der Waals surface area contributed by atoms with Crippen molar-refractivity contribution in [1.29, 1.82) is 0 Å². The van der Waals surface area contributed by atoms with Gasteiger partial charge in [-0.2, -0.15) is 0 Å². The molecule has 2 aromatic rings. The maximum absolute atomic E-state index is 12.4. The topological polar surface area (TPSA) is 34.1 Å². The Hall–Kier alpha value is -2.48. The predicted octanol–water partition coefficient (Wildman–Crippen LogP) is 4.07. The molecule has 104 valence electrons. The molecule has 0 radical (unpaired) electrons. The first kappa shape index (κ1) is 13.5. The van der Waals surface area contributed by atoms with E-state index in [4.69, 9.17) is 0 Å². The fourth-order valence-corrected chi connectivity index (χ4v) is 2.70. The van der Waals surface area contributed by atoms with Crippen LogP contribution in [0.25, 0.3) is 6.08 Å². The fraction of sp³-hybridized carbons (Fsp3) is 0.158. The summed E-state index contributed by atoms with van der Waals surface area (Å²) in [5.74, 6) is -0.346. The molecule has 2 heteroatoms. The van der Waals surface area contributed by atoms with Gasteiger partial charge in [-0.05, 0) is 49.1 Å². The maximum Gasteiger partial charge on any atom is 0.197 e. The Morgan fingerprint density at radius 2 is 1.29 bits per heavy atom. The van der Waals surface area contributed by atoms with Gasteiger partial charge in [0.2, 0.25) is 0 Å². The van der Waals surface area contributed by atoms with Gasteiger partial charge >= 0.3 is 0 Å². The summed E-state index contributed by atoms with van der Waals surface area (Å²) in [6.45, 7) is 6.08. The number of hydrogen-bond donors (Lipinski definition) is 0. The smallest absolute Gasteiger partial charge is 0.197 e. The zero-order valence-corrected chi connectivity index (χ0v) is 12.4. The van der Waals surface area contributed by atoms with Crippen molar-refractivity contribution in [3.8, 4) is 0 Å². The minimum absolute atomic E-state index is 0.173. The van der Waals surface area contributed by atoms with Gasteiger partial charge in [-0.15, -0.1) is 0 Å². The van der Waals surface area contributed by atoms with Gasteiger partial charge in [0.15, 0.2) is 11.6 Å². The third kappa shape index (κ3) is 2.13. The Morgan fingerprint density at radius 1 is 0.762 bits per heavy atom. The normalized spacial score (nSPS) is 13.6. The van der Waals surface area contributed by atoms with E-state index in [0.717, 1.165) is 16.7 Å². The van der Waals surface area contributed by atoms with E-state index in [0.29, 0.717) is 11.1 Å². The summed E-state index contributed by atoms with van der Waals surface area (Å²) in [5.41, 5.74) is 5.66. The molecule has 0 aromatic heterocycles. The summed E-state index contributed by atoms with van der Waals surface area (Å²) >= 11 is 0. The lowest BCUT2D eigenvalue weighted by Crippen LogP contribution is -2.01. The van der Waals surface area contributed by atoms with E-state index in [1.165, 1.54) is 5.56 Å². The number of ketones is 2. The molecule has 0 bridgehead atoms. The number of Topliss-reactive ketones (excluding diaryl/α,β-unsaturated/α-hetero) is 2. The number of carbonyl (C=O) groups excluding carboxylic acids is 2. The Bertz CT molecular complexity index is 773. The van der Waals surface area contributed by atoms with E-state index in [-0.39, 0.29) is 17.1 Å². The monoisotopic (exact) mass is 276 g/mol. The molecule has 3 rings (SSSR count). The molecule has 0 N–H and O–H groups in total. The highest BCUT2D eigenvalue weighted by molar-refractivity contribution is 6.41. The van der Waals surface area contributed by atoms with Crippen molar-refractivity contribution in [3.63, 3.8) is 0 Å². The van der Waals surface area contributed by atoms with Crippen molar-refractivity contribution in [2.45, 2.75) is 20.8 Å². The summed E-state index contributed by atoms with van der Waals surface area (Å²) < 4.78 is 0. The number of carbonyl (C=O) groups is 2. The fourth-order valence-electron chi connectivity index (χ4n) is 2.70. The summed E-state index contributed by atoms with van der Waals surface area (Å²) in [6, 6.07) is 11.1. The van der Waals surface area contributed by atoms with Gasteiger partial charge in [0, 0.05) is 11.1 Å². The van der Waals surface area contributed by atoms with E-state index in [1.807, 2.05) is 19.9 Å². The van der Waals surface area contributed by atoms with Gasteiger partial charge in [-0.25, -0.2) is 0 Å². The van der Waals surface area contributed by atoms with E-state index >= 15 is 0 Å². The molecule has 21 heavy (non-hydrogen) atoms. The average molecular weight is 276 g/mol. The molecule has 1 aliphatic carbocycles. The first-order valence-corrected chi connectivity index (χ1v) is 6.97. The Labute approximate surface area is 124 Å². The molecule has 2 aromatic carbocycles. The quantitative estimate of drug-likeness (QED) is 0.581. The van der Waals surface area contributed by atoms with Gasteiger partial charge in [0.25, 0.3) is 0 Å². The van der Waals surface area contributed by atoms with Crippen molar-refractivity contribution >= 4 is 17.6 Å². The maximum atomic E-state index is 12.4. The van der Waals surface area contributed by atoms with Crippen LogP contribution in [0.3, 0.4) is 0 Å². The number of allylic oxidation sites excluding steroid dienone is 1. The minimum atomic E-state index is -0.173. The SMILES string of the molecule is Cc1cc(C)c(C=C2C(=O)c3ccccc3C2=O)cc1C. The van der Waals surface area contributed by atoms with Crippen LogP contribution in [0, 0.1) is 20.8 Å². The second kappa shape index (κ2) is 4.81. The second-order valence-corrected chi connectivity index (χ2v) is 5.55. The lowest BCUT2D eigenvalue weighted by molar-refractivity contribution is 0.0990. The van der Waals surface area contributed by atoms with Crippen LogP contribution in [0.5, 0.6) is 0 Å². The highest BCUT2D eigenvalue weighted by atomic mass is 16.2. The Kier molecular flexibility index (Phi) is 3.09. The molecular weight excluding hydrogens is 260 g/mol. The third-order valence-corrected chi connectivity index (χ3v) is 4.09. The van der Waals surface area contributed by atoms with Gasteiger partial charge in [0.05, 0.1) is 5.57 Å². The Balaban J connectivity index is 2.13. The van der Waals surface area contributed by atoms with E-state index in [9.17, 15) is 9.59 Å². The standard InChI is InChI=1S/C19H16O2/c1-11-8-13(3)14(9-12(11)2)10-17-18(20)15-6-4-5-7-16(15)19(17)21/h4-10H,1-3H3. The van der Waals surface area contributed by atoms with Crippen molar-refractivity contribution in [3.05, 3.63) is 75.4 Å².